The predicted molar refractivity (Wildman–Crippen MR) is 100 cm³/mol. The molecule has 0 aromatic heterocycles. The van der Waals surface area contributed by atoms with Crippen molar-refractivity contribution in [1.82, 2.24) is 10.6 Å². The number of rotatable bonds is 6. The Bertz CT molecular complexity index is 796. The average molecular weight is 354 g/mol. The molecule has 1 unspecified atom stereocenters. The molecular weight excluding hydrogens is 331 g/mol. The molecule has 0 amide bonds. The molecule has 0 aliphatic heterocycles. The number of nitrogens with zero attached hydrogens (tertiary/aromatic N) is 2. The van der Waals surface area contributed by atoms with E-state index in [2.05, 4.69) is 21.7 Å². The fraction of sp³-hybridized carbons (Fsp3) is 0.300. The second kappa shape index (κ2) is 9.42. The molecule has 26 heavy (non-hydrogen) atoms. The van der Waals surface area contributed by atoms with E-state index in [-0.39, 0.29) is 11.8 Å². The number of aliphatic imine (C=N–C) groups is 1. The molecule has 2 aromatic rings. The van der Waals surface area contributed by atoms with Gasteiger partial charge in [-0.25, -0.2) is 9.38 Å². The van der Waals surface area contributed by atoms with Gasteiger partial charge in [0.15, 0.2) is 17.5 Å². The molecule has 0 aliphatic carbocycles. The number of guanidine groups is 1. The Hall–Kier alpha value is -3.07. The summed E-state index contributed by atoms with van der Waals surface area (Å²) in [5.74, 6) is 0.473. The maximum atomic E-state index is 13.9. The number of ether oxygens (including phenoxy) is 1. The lowest BCUT2D eigenvalue weighted by molar-refractivity contribution is 0.386. The van der Waals surface area contributed by atoms with E-state index in [1.807, 2.05) is 32.0 Å². The van der Waals surface area contributed by atoms with Crippen molar-refractivity contribution in [3.05, 3.63) is 65.0 Å². The van der Waals surface area contributed by atoms with Gasteiger partial charge in [-0.05, 0) is 49.2 Å². The minimum Gasteiger partial charge on any atom is -0.494 e. The fourth-order valence-corrected chi connectivity index (χ4v) is 2.42. The first kappa shape index (κ1) is 19.3. The zero-order valence-electron chi connectivity index (χ0n) is 15.2. The molecule has 136 valence electrons. The molecule has 0 fully saturated rings. The summed E-state index contributed by atoms with van der Waals surface area (Å²) in [6, 6.07) is 14.2. The van der Waals surface area contributed by atoms with Gasteiger partial charge in [0.05, 0.1) is 31.3 Å². The van der Waals surface area contributed by atoms with Gasteiger partial charge in [0, 0.05) is 6.54 Å². The highest BCUT2D eigenvalue weighted by Crippen LogP contribution is 2.21. The SMILES string of the molecule is CCNC(=NCc1ccc(C#N)cc1)NC(C)c1ccc(OC)c(F)c1. The third-order valence-corrected chi connectivity index (χ3v) is 3.88. The number of hydrogen-bond donors (Lipinski definition) is 2. The van der Waals surface area contributed by atoms with Crippen LogP contribution in [-0.4, -0.2) is 19.6 Å². The monoisotopic (exact) mass is 354 g/mol. The Kier molecular flexibility index (Phi) is 6.98. The molecule has 0 saturated carbocycles. The van der Waals surface area contributed by atoms with Crippen LogP contribution in [0.2, 0.25) is 0 Å². The van der Waals surface area contributed by atoms with Crippen LogP contribution >= 0.6 is 0 Å². The molecule has 0 bridgehead atoms. The summed E-state index contributed by atoms with van der Waals surface area (Å²) in [6.45, 7) is 5.11. The average Bonchev–Trinajstić information content (AvgIpc) is 2.66. The normalized spacial score (nSPS) is 12.2. The smallest absolute Gasteiger partial charge is 0.192 e. The molecule has 1 atom stereocenters. The molecule has 2 aromatic carbocycles. The summed E-state index contributed by atoms with van der Waals surface area (Å²) >= 11 is 0. The van der Waals surface area contributed by atoms with Gasteiger partial charge in [-0.15, -0.1) is 0 Å². The van der Waals surface area contributed by atoms with Crippen LogP contribution in [0.4, 0.5) is 4.39 Å². The van der Waals surface area contributed by atoms with Crippen molar-refractivity contribution >= 4 is 5.96 Å². The van der Waals surface area contributed by atoms with E-state index >= 15 is 0 Å². The number of benzene rings is 2. The second-order valence-corrected chi connectivity index (χ2v) is 5.76. The molecule has 0 radical (unpaired) electrons. The highest BCUT2D eigenvalue weighted by Gasteiger charge is 2.11. The van der Waals surface area contributed by atoms with Crippen LogP contribution in [0.15, 0.2) is 47.5 Å². The molecule has 2 rings (SSSR count). The summed E-state index contributed by atoms with van der Waals surface area (Å²) in [5.41, 5.74) is 2.43. The topological polar surface area (TPSA) is 69.4 Å². The Labute approximate surface area is 153 Å². The first-order valence-corrected chi connectivity index (χ1v) is 8.44. The number of hydrogen-bond acceptors (Lipinski definition) is 3. The van der Waals surface area contributed by atoms with Crippen LogP contribution < -0.4 is 15.4 Å². The van der Waals surface area contributed by atoms with Gasteiger partial charge < -0.3 is 15.4 Å². The van der Waals surface area contributed by atoms with E-state index in [1.165, 1.54) is 13.2 Å². The Morgan fingerprint density at radius 1 is 1.27 bits per heavy atom. The minimum absolute atomic E-state index is 0.130. The summed E-state index contributed by atoms with van der Waals surface area (Å²) in [4.78, 5) is 4.55. The Balaban J connectivity index is 2.08. The van der Waals surface area contributed by atoms with E-state index in [0.717, 1.165) is 11.1 Å². The minimum atomic E-state index is -0.391. The van der Waals surface area contributed by atoms with Gasteiger partial charge in [-0.3, -0.25) is 0 Å². The number of halogens is 1. The summed E-state index contributed by atoms with van der Waals surface area (Å²) in [7, 11) is 1.44. The van der Waals surface area contributed by atoms with Gasteiger partial charge in [0.2, 0.25) is 0 Å². The van der Waals surface area contributed by atoms with Gasteiger partial charge in [-0.1, -0.05) is 18.2 Å². The van der Waals surface area contributed by atoms with E-state index in [0.29, 0.717) is 24.6 Å². The maximum absolute atomic E-state index is 13.9. The maximum Gasteiger partial charge on any atom is 0.192 e. The van der Waals surface area contributed by atoms with Gasteiger partial charge >= 0.3 is 0 Å². The van der Waals surface area contributed by atoms with Crippen LogP contribution in [0, 0.1) is 17.1 Å². The quantitative estimate of drug-likeness (QED) is 0.615. The zero-order valence-corrected chi connectivity index (χ0v) is 15.2. The van der Waals surface area contributed by atoms with Crippen molar-refractivity contribution < 1.29 is 9.13 Å². The lowest BCUT2D eigenvalue weighted by atomic mass is 10.1. The van der Waals surface area contributed by atoms with Gasteiger partial charge in [0.1, 0.15) is 0 Å². The van der Waals surface area contributed by atoms with Crippen molar-refractivity contribution in [2.24, 2.45) is 4.99 Å². The van der Waals surface area contributed by atoms with Crippen LogP contribution in [-0.2, 0) is 6.54 Å². The first-order valence-electron chi connectivity index (χ1n) is 8.44. The van der Waals surface area contributed by atoms with Crippen molar-refractivity contribution in [2.75, 3.05) is 13.7 Å². The van der Waals surface area contributed by atoms with Crippen molar-refractivity contribution in [2.45, 2.75) is 26.4 Å². The summed E-state index contributed by atoms with van der Waals surface area (Å²) in [5, 5.41) is 15.3. The molecule has 6 heteroatoms. The Morgan fingerprint density at radius 3 is 2.58 bits per heavy atom. The second-order valence-electron chi connectivity index (χ2n) is 5.76. The largest absolute Gasteiger partial charge is 0.494 e. The highest BCUT2D eigenvalue weighted by molar-refractivity contribution is 5.80. The molecule has 0 heterocycles. The Morgan fingerprint density at radius 2 is 2.00 bits per heavy atom. The molecule has 0 saturated heterocycles. The van der Waals surface area contributed by atoms with E-state index in [4.69, 9.17) is 10.00 Å². The summed E-state index contributed by atoms with van der Waals surface area (Å²) < 4.78 is 18.9. The fourth-order valence-electron chi connectivity index (χ4n) is 2.42. The lowest BCUT2D eigenvalue weighted by Gasteiger charge is -2.18. The van der Waals surface area contributed by atoms with Gasteiger partial charge in [-0.2, -0.15) is 5.26 Å². The van der Waals surface area contributed by atoms with E-state index < -0.39 is 5.82 Å². The van der Waals surface area contributed by atoms with E-state index in [1.54, 1.807) is 18.2 Å². The third kappa shape index (κ3) is 5.21. The molecule has 0 aliphatic rings. The van der Waals surface area contributed by atoms with Crippen LogP contribution in [0.3, 0.4) is 0 Å². The van der Waals surface area contributed by atoms with E-state index in [9.17, 15) is 4.39 Å². The lowest BCUT2D eigenvalue weighted by Crippen LogP contribution is -2.38. The molecule has 0 spiro atoms. The zero-order chi connectivity index (χ0) is 18.9. The van der Waals surface area contributed by atoms with Crippen molar-refractivity contribution in [1.29, 1.82) is 5.26 Å². The van der Waals surface area contributed by atoms with Crippen LogP contribution in [0.25, 0.3) is 0 Å². The number of nitrogens with one attached hydrogen (secondary N) is 2. The molecule has 2 N–H and O–H groups in total. The van der Waals surface area contributed by atoms with Crippen molar-refractivity contribution in [3.8, 4) is 11.8 Å². The molecular formula is C20H23FN4O. The highest BCUT2D eigenvalue weighted by atomic mass is 19.1. The number of nitriles is 1. The number of methoxy groups -OCH3 is 1. The summed E-state index contributed by atoms with van der Waals surface area (Å²) in [6.07, 6.45) is 0. The standard InChI is InChI=1S/C20H23FN4O/c1-4-23-20(24-13-16-7-5-15(12-22)6-8-16)25-14(2)17-9-10-19(26-3)18(21)11-17/h5-11,14H,4,13H2,1-3H3,(H2,23,24,25). The van der Waals surface area contributed by atoms with Gasteiger partial charge in [0.25, 0.3) is 0 Å². The first-order chi connectivity index (χ1) is 12.6. The van der Waals surface area contributed by atoms with Crippen molar-refractivity contribution in [3.63, 3.8) is 0 Å². The van der Waals surface area contributed by atoms with Crippen LogP contribution in [0.1, 0.15) is 36.6 Å². The predicted octanol–water partition coefficient (Wildman–Crippen LogP) is 3.52. The van der Waals surface area contributed by atoms with Crippen LogP contribution in [0.5, 0.6) is 5.75 Å². The molecule has 5 nitrogen and oxygen atoms in total. The third-order valence-electron chi connectivity index (χ3n) is 3.88.